The van der Waals surface area contributed by atoms with E-state index in [-0.39, 0.29) is 6.03 Å². The molecule has 1 N–H and O–H groups in total. The average molecular weight is 443 g/mol. The van der Waals surface area contributed by atoms with E-state index < -0.39 is 0 Å². The first-order valence-electron chi connectivity index (χ1n) is 10.8. The molecule has 2 aliphatic rings. The van der Waals surface area contributed by atoms with Gasteiger partial charge < -0.3 is 34.2 Å². The zero-order chi connectivity index (χ0) is 22.5. The number of urea groups is 1. The first-order chi connectivity index (χ1) is 15.6. The summed E-state index contributed by atoms with van der Waals surface area (Å²) in [5.41, 5.74) is 0.579. The predicted molar refractivity (Wildman–Crippen MR) is 122 cm³/mol. The third kappa shape index (κ3) is 4.58. The summed E-state index contributed by atoms with van der Waals surface area (Å²) in [5.74, 6) is 3.25. The van der Waals surface area contributed by atoms with Crippen LogP contribution < -0.4 is 29.3 Å². The second-order valence-electron chi connectivity index (χ2n) is 7.76. The van der Waals surface area contributed by atoms with Crippen molar-refractivity contribution in [3.8, 4) is 17.2 Å². The zero-order valence-corrected chi connectivity index (χ0v) is 18.8. The molecule has 1 aromatic carbocycles. The van der Waals surface area contributed by atoms with Crippen molar-refractivity contribution in [3.05, 3.63) is 24.3 Å². The molecule has 10 nitrogen and oxygen atoms in total. The summed E-state index contributed by atoms with van der Waals surface area (Å²) in [7, 11) is 4.63. The zero-order valence-electron chi connectivity index (χ0n) is 18.8. The van der Waals surface area contributed by atoms with Gasteiger partial charge in [0.1, 0.15) is 0 Å². The Labute approximate surface area is 188 Å². The molecular weight excluding hydrogens is 412 g/mol. The smallest absolute Gasteiger partial charge is 0.321 e. The monoisotopic (exact) mass is 442 g/mol. The number of rotatable bonds is 6. The van der Waals surface area contributed by atoms with Gasteiger partial charge in [0.15, 0.2) is 23.1 Å². The van der Waals surface area contributed by atoms with Crippen LogP contribution in [0, 0.1) is 0 Å². The number of hydrogen-bond acceptors (Lipinski definition) is 8. The van der Waals surface area contributed by atoms with Crippen molar-refractivity contribution in [3.63, 3.8) is 0 Å². The maximum Gasteiger partial charge on any atom is 0.321 e. The Morgan fingerprint density at radius 2 is 1.34 bits per heavy atom. The van der Waals surface area contributed by atoms with Crippen molar-refractivity contribution >= 4 is 23.4 Å². The predicted octanol–water partition coefficient (Wildman–Crippen LogP) is 2.46. The summed E-state index contributed by atoms with van der Waals surface area (Å²) in [6.07, 6.45) is 2.42. The SMILES string of the molecule is COc1cc(NC(=O)N2CCN(c3ccc(N4CCCC4)nn3)CC2)cc(OC)c1OC. The minimum atomic E-state index is -0.172. The van der Waals surface area contributed by atoms with Crippen molar-refractivity contribution in [2.75, 3.05) is 75.7 Å². The first-order valence-corrected chi connectivity index (χ1v) is 10.8. The van der Waals surface area contributed by atoms with E-state index in [1.807, 2.05) is 12.1 Å². The van der Waals surface area contributed by atoms with E-state index in [0.29, 0.717) is 49.1 Å². The molecule has 32 heavy (non-hydrogen) atoms. The number of hydrogen-bond donors (Lipinski definition) is 1. The van der Waals surface area contributed by atoms with Crippen LogP contribution >= 0.6 is 0 Å². The molecule has 2 aliphatic heterocycles. The molecule has 4 rings (SSSR count). The number of ether oxygens (including phenoxy) is 3. The fraction of sp³-hybridized carbons (Fsp3) is 0.500. The molecule has 0 atom stereocenters. The number of aromatic nitrogens is 2. The third-order valence-corrected chi connectivity index (χ3v) is 5.87. The van der Waals surface area contributed by atoms with E-state index in [1.165, 1.54) is 12.8 Å². The Morgan fingerprint density at radius 1 is 0.812 bits per heavy atom. The van der Waals surface area contributed by atoms with Gasteiger partial charge in [0.2, 0.25) is 5.75 Å². The molecule has 0 saturated carbocycles. The van der Waals surface area contributed by atoms with Crippen LogP contribution in [0.4, 0.5) is 22.1 Å². The Morgan fingerprint density at radius 3 is 1.81 bits per heavy atom. The van der Waals surface area contributed by atoms with Crippen LogP contribution in [0.15, 0.2) is 24.3 Å². The number of methoxy groups -OCH3 is 3. The number of amides is 2. The molecule has 2 saturated heterocycles. The summed E-state index contributed by atoms with van der Waals surface area (Å²) >= 11 is 0. The highest BCUT2D eigenvalue weighted by molar-refractivity contribution is 5.90. The molecule has 2 aromatic rings. The molecule has 3 heterocycles. The number of anilines is 3. The molecule has 10 heteroatoms. The highest BCUT2D eigenvalue weighted by Gasteiger charge is 2.24. The molecule has 2 fully saturated rings. The van der Waals surface area contributed by atoms with Gasteiger partial charge in [-0.25, -0.2) is 4.79 Å². The fourth-order valence-electron chi connectivity index (χ4n) is 4.10. The standard InChI is InChI=1S/C22H30N6O4/c1-30-17-14-16(15-18(31-2)21(17)32-3)23-22(29)28-12-10-27(11-13-28)20-7-6-19(24-25-20)26-8-4-5-9-26/h6-7,14-15H,4-5,8-13H2,1-3H3,(H,23,29). The quantitative estimate of drug-likeness (QED) is 0.729. The Balaban J connectivity index is 1.34. The van der Waals surface area contributed by atoms with Gasteiger partial charge in [0.05, 0.1) is 27.0 Å². The van der Waals surface area contributed by atoms with E-state index in [0.717, 1.165) is 24.7 Å². The van der Waals surface area contributed by atoms with E-state index in [4.69, 9.17) is 14.2 Å². The van der Waals surface area contributed by atoms with Gasteiger partial charge >= 0.3 is 6.03 Å². The summed E-state index contributed by atoms with van der Waals surface area (Å²) in [5, 5.41) is 11.7. The second-order valence-corrected chi connectivity index (χ2v) is 7.76. The number of carbonyl (C=O) groups is 1. The van der Waals surface area contributed by atoms with E-state index in [9.17, 15) is 4.79 Å². The molecule has 0 radical (unpaired) electrons. The lowest BCUT2D eigenvalue weighted by atomic mass is 10.2. The third-order valence-electron chi connectivity index (χ3n) is 5.87. The number of benzene rings is 1. The molecule has 0 aliphatic carbocycles. The van der Waals surface area contributed by atoms with E-state index in [1.54, 1.807) is 38.4 Å². The fourth-order valence-corrected chi connectivity index (χ4v) is 4.10. The molecular formula is C22H30N6O4. The largest absolute Gasteiger partial charge is 0.493 e. The van der Waals surface area contributed by atoms with Crippen molar-refractivity contribution in [2.24, 2.45) is 0 Å². The van der Waals surface area contributed by atoms with Gasteiger partial charge in [-0.1, -0.05) is 0 Å². The highest BCUT2D eigenvalue weighted by atomic mass is 16.5. The average Bonchev–Trinajstić information content (AvgIpc) is 3.38. The maximum atomic E-state index is 12.8. The summed E-state index contributed by atoms with van der Waals surface area (Å²) in [6, 6.07) is 7.32. The van der Waals surface area contributed by atoms with Gasteiger partial charge in [-0.15, -0.1) is 10.2 Å². The Kier molecular flexibility index (Phi) is 6.67. The Bertz CT molecular complexity index is 900. The first kappa shape index (κ1) is 21.8. The van der Waals surface area contributed by atoms with Crippen LogP contribution in [-0.4, -0.2) is 81.7 Å². The number of nitrogens with one attached hydrogen (secondary N) is 1. The van der Waals surface area contributed by atoms with Crippen molar-refractivity contribution in [1.82, 2.24) is 15.1 Å². The maximum absolute atomic E-state index is 12.8. The van der Waals surface area contributed by atoms with Crippen LogP contribution in [0.2, 0.25) is 0 Å². The lowest BCUT2D eigenvalue weighted by Crippen LogP contribution is -2.50. The van der Waals surface area contributed by atoms with Gasteiger partial charge in [-0.05, 0) is 25.0 Å². The topological polar surface area (TPSA) is 92.3 Å². The molecule has 0 spiro atoms. The normalized spacial score (nSPS) is 16.2. The van der Waals surface area contributed by atoms with Crippen molar-refractivity contribution in [1.29, 1.82) is 0 Å². The van der Waals surface area contributed by atoms with Crippen LogP contribution in [0.5, 0.6) is 17.2 Å². The van der Waals surface area contributed by atoms with Crippen LogP contribution in [0.25, 0.3) is 0 Å². The van der Waals surface area contributed by atoms with Crippen LogP contribution in [-0.2, 0) is 0 Å². The number of carbonyl (C=O) groups excluding carboxylic acids is 1. The minimum Gasteiger partial charge on any atom is -0.493 e. The lowest BCUT2D eigenvalue weighted by Gasteiger charge is -2.35. The molecule has 0 unspecified atom stereocenters. The van der Waals surface area contributed by atoms with Gasteiger partial charge in [0.25, 0.3) is 0 Å². The number of piperazine rings is 1. The second kappa shape index (κ2) is 9.80. The molecule has 172 valence electrons. The molecule has 0 bridgehead atoms. The molecule has 1 aromatic heterocycles. The van der Waals surface area contributed by atoms with E-state index >= 15 is 0 Å². The van der Waals surface area contributed by atoms with Gasteiger partial charge in [-0.2, -0.15) is 0 Å². The van der Waals surface area contributed by atoms with Gasteiger partial charge in [-0.3, -0.25) is 0 Å². The van der Waals surface area contributed by atoms with Crippen molar-refractivity contribution in [2.45, 2.75) is 12.8 Å². The van der Waals surface area contributed by atoms with Gasteiger partial charge in [0, 0.05) is 51.4 Å². The minimum absolute atomic E-state index is 0.172. The molecule has 2 amide bonds. The Hall–Kier alpha value is -3.43. The van der Waals surface area contributed by atoms with Crippen LogP contribution in [0.1, 0.15) is 12.8 Å². The summed E-state index contributed by atoms with van der Waals surface area (Å²) in [4.78, 5) is 19.0. The summed E-state index contributed by atoms with van der Waals surface area (Å²) in [6.45, 7) is 4.67. The summed E-state index contributed by atoms with van der Waals surface area (Å²) < 4.78 is 16.0. The number of nitrogens with zero attached hydrogens (tertiary/aromatic N) is 5. The van der Waals surface area contributed by atoms with Crippen LogP contribution in [0.3, 0.4) is 0 Å². The van der Waals surface area contributed by atoms with Crippen molar-refractivity contribution < 1.29 is 19.0 Å². The van der Waals surface area contributed by atoms with E-state index in [2.05, 4.69) is 25.3 Å². The lowest BCUT2D eigenvalue weighted by molar-refractivity contribution is 0.208. The highest BCUT2D eigenvalue weighted by Crippen LogP contribution is 2.40.